The normalized spacial score (nSPS) is 13.9. The first kappa shape index (κ1) is 23.2. The predicted octanol–water partition coefficient (Wildman–Crippen LogP) is 4.65. The molecule has 2 N–H and O–H groups in total. The SMILES string of the molecule is COc1cccc(NC(=O)c2ccnc(N3CCC(C(=O)Nc4ccc(C)c(F)c4)CC3)c2)c1. The zero-order chi connectivity index (χ0) is 24.1. The number of halogens is 1. The van der Waals surface area contributed by atoms with Crippen molar-refractivity contribution in [2.75, 3.05) is 35.7 Å². The Balaban J connectivity index is 1.35. The second kappa shape index (κ2) is 10.3. The highest BCUT2D eigenvalue weighted by atomic mass is 19.1. The molecule has 1 aliphatic heterocycles. The number of piperidine rings is 1. The number of aryl methyl sites for hydroxylation is 1. The van der Waals surface area contributed by atoms with Crippen LogP contribution in [0.4, 0.5) is 21.6 Å². The van der Waals surface area contributed by atoms with Gasteiger partial charge in [0.05, 0.1) is 7.11 Å². The molecule has 2 amide bonds. The number of amides is 2. The summed E-state index contributed by atoms with van der Waals surface area (Å²) in [6, 6.07) is 15.3. The lowest BCUT2D eigenvalue weighted by Crippen LogP contribution is -2.38. The van der Waals surface area contributed by atoms with E-state index in [2.05, 4.69) is 20.5 Å². The van der Waals surface area contributed by atoms with E-state index >= 15 is 0 Å². The molecule has 0 aliphatic carbocycles. The van der Waals surface area contributed by atoms with Gasteiger partial charge in [-0.25, -0.2) is 9.37 Å². The number of benzene rings is 2. The van der Waals surface area contributed by atoms with Crippen LogP contribution in [0.25, 0.3) is 0 Å². The molecule has 0 saturated carbocycles. The van der Waals surface area contributed by atoms with Gasteiger partial charge in [-0.2, -0.15) is 0 Å². The molecular weight excluding hydrogens is 435 g/mol. The van der Waals surface area contributed by atoms with E-state index in [1.54, 1.807) is 56.6 Å². The average molecular weight is 463 g/mol. The van der Waals surface area contributed by atoms with Crippen LogP contribution in [0.15, 0.2) is 60.8 Å². The number of ether oxygens (including phenoxy) is 1. The van der Waals surface area contributed by atoms with Crippen LogP contribution in [-0.4, -0.2) is 37.0 Å². The van der Waals surface area contributed by atoms with Crippen LogP contribution in [0, 0.1) is 18.7 Å². The predicted molar refractivity (Wildman–Crippen MR) is 130 cm³/mol. The van der Waals surface area contributed by atoms with E-state index in [4.69, 9.17) is 4.74 Å². The lowest BCUT2D eigenvalue weighted by Gasteiger charge is -2.32. The van der Waals surface area contributed by atoms with Crippen LogP contribution < -0.4 is 20.3 Å². The molecule has 1 aliphatic rings. The third-order valence-corrected chi connectivity index (χ3v) is 5.96. The van der Waals surface area contributed by atoms with Crippen LogP contribution >= 0.6 is 0 Å². The number of rotatable bonds is 6. The first-order valence-electron chi connectivity index (χ1n) is 11.2. The Morgan fingerprint density at radius 3 is 2.53 bits per heavy atom. The molecule has 0 bridgehead atoms. The summed E-state index contributed by atoms with van der Waals surface area (Å²) in [6.45, 7) is 2.95. The fourth-order valence-electron chi connectivity index (χ4n) is 3.92. The number of anilines is 3. The van der Waals surface area contributed by atoms with Gasteiger partial charge in [0.2, 0.25) is 5.91 Å². The van der Waals surface area contributed by atoms with E-state index in [0.29, 0.717) is 60.0 Å². The number of hydrogen-bond donors (Lipinski definition) is 2. The molecule has 2 aromatic carbocycles. The van der Waals surface area contributed by atoms with Crippen molar-refractivity contribution in [3.8, 4) is 5.75 Å². The highest BCUT2D eigenvalue weighted by molar-refractivity contribution is 6.04. The fraction of sp³-hybridized carbons (Fsp3) is 0.269. The topological polar surface area (TPSA) is 83.6 Å². The van der Waals surface area contributed by atoms with Crippen molar-refractivity contribution in [1.82, 2.24) is 4.98 Å². The molecule has 1 saturated heterocycles. The number of nitrogens with zero attached hydrogens (tertiary/aromatic N) is 2. The lowest BCUT2D eigenvalue weighted by molar-refractivity contribution is -0.120. The fourth-order valence-corrected chi connectivity index (χ4v) is 3.92. The molecular formula is C26H27FN4O3. The third-order valence-electron chi connectivity index (χ3n) is 5.96. The van der Waals surface area contributed by atoms with Crippen LogP contribution in [0.1, 0.15) is 28.8 Å². The summed E-state index contributed by atoms with van der Waals surface area (Å²) in [5, 5.41) is 5.69. The van der Waals surface area contributed by atoms with Gasteiger partial charge in [-0.3, -0.25) is 9.59 Å². The third kappa shape index (κ3) is 5.51. The second-order valence-corrected chi connectivity index (χ2v) is 8.30. The van der Waals surface area contributed by atoms with Gasteiger partial charge in [0.25, 0.3) is 5.91 Å². The number of pyridine rings is 1. The highest BCUT2D eigenvalue weighted by Gasteiger charge is 2.26. The summed E-state index contributed by atoms with van der Waals surface area (Å²) in [7, 11) is 1.57. The van der Waals surface area contributed by atoms with Gasteiger partial charge < -0.3 is 20.3 Å². The summed E-state index contributed by atoms with van der Waals surface area (Å²) in [5.41, 5.74) is 2.14. The molecule has 3 aromatic rings. The molecule has 0 radical (unpaired) electrons. The van der Waals surface area contributed by atoms with Crippen LogP contribution in [0.5, 0.6) is 5.75 Å². The number of methoxy groups -OCH3 is 1. The Bertz CT molecular complexity index is 1190. The summed E-state index contributed by atoms with van der Waals surface area (Å²) in [4.78, 5) is 31.9. The molecule has 0 unspecified atom stereocenters. The van der Waals surface area contributed by atoms with Gasteiger partial charge >= 0.3 is 0 Å². The Morgan fingerprint density at radius 2 is 1.79 bits per heavy atom. The molecule has 2 heterocycles. The Hall–Kier alpha value is -3.94. The van der Waals surface area contributed by atoms with Crippen LogP contribution in [-0.2, 0) is 4.79 Å². The van der Waals surface area contributed by atoms with E-state index < -0.39 is 0 Å². The maximum Gasteiger partial charge on any atom is 0.255 e. The minimum Gasteiger partial charge on any atom is -0.497 e. The maximum atomic E-state index is 13.8. The van der Waals surface area contributed by atoms with E-state index in [1.807, 2.05) is 12.1 Å². The summed E-state index contributed by atoms with van der Waals surface area (Å²) >= 11 is 0. The lowest BCUT2D eigenvalue weighted by atomic mass is 9.95. The molecule has 7 nitrogen and oxygen atoms in total. The highest BCUT2D eigenvalue weighted by Crippen LogP contribution is 2.25. The largest absolute Gasteiger partial charge is 0.497 e. The molecule has 1 aromatic heterocycles. The smallest absolute Gasteiger partial charge is 0.255 e. The van der Waals surface area contributed by atoms with Crippen LogP contribution in [0.3, 0.4) is 0 Å². The average Bonchev–Trinajstić information content (AvgIpc) is 2.86. The quantitative estimate of drug-likeness (QED) is 0.557. The maximum absolute atomic E-state index is 13.8. The van der Waals surface area contributed by atoms with Gasteiger partial charge in [0.1, 0.15) is 17.4 Å². The Kier molecular flexibility index (Phi) is 7.06. The molecule has 34 heavy (non-hydrogen) atoms. The van der Waals surface area contributed by atoms with Gasteiger partial charge in [-0.15, -0.1) is 0 Å². The second-order valence-electron chi connectivity index (χ2n) is 8.30. The van der Waals surface area contributed by atoms with Crippen molar-refractivity contribution < 1.29 is 18.7 Å². The first-order valence-corrected chi connectivity index (χ1v) is 11.2. The Morgan fingerprint density at radius 1 is 1.03 bits per heavy atom. The molecule has 0 spiro atoms. The standard InChI is InChI=1S/C26H27FN4O3/c1-17-6-7-21(16-23(17)27)30-25(32)18-9-12-31(13-10-18)24-14-19(8-11-28-24)26(33)29-20-4-3-5-22(15-20)34-2/h3-8,11,14-16,18H,9-10,12-13H2,1-2H3,(H,29,33)(H,30,32). The van der Waals surface area contributed by atoms with Crippen molar-refractivity contribution in [2.24, 2.45) is 5.92 Å². The van der Waals surface area contributed by atoms with Crippen molar-refractivity contribution in [3.05, 3.63) is 77.7 Å². The van der Waals surface area contributed by atoms with E-state index in [0.717, 1.165) is 0 Å². The monoisotopic (exact) mass is 462 g/mol. The van der Waals surface area contributed by atoms with Gasteiger partial charge in [0.15, 0.2) is 0 Å². The summed E-state index contributed by atoms with van der Waals surface area (Å²) < 4.78 is 19.0. The van der Waals surface area contributed by atoms with E-state index in [-0.39, 0.29) is 23.5 Å². The summed E-state index contributed by atoms with van der Waals surface area (Å²) in [5.74, 6) is 0.498. The number of carbonyl (C=O) groups excluding carboxylic acids is 2. The minimum atomic E-state index is -0.339. The van der Waals surface area contributed by atoms with E-state index in [1.165, 1.54) is 6.07 Å². The zero-order valence-electron chi connectivity index (χ0n) is 19.2. The summed E-state index contributed by atoms with van der Waals surface area (Å²) in [6.07, 6.45) is 2.89. The number of aromatic nitrogens is 1. The van der Waals surface area contributed by atoms with Crippen molar-refractivity contribution in [3.63, 3.8) is 0 Å². The number of carbonyl (C=O) groups is 2. The van der Waals surface area contributed by atoms with Gasteiger partial charge in [0, 0.05) is 48.2 Å². The van der Waals surface area contributed by atoms with E-state index in [9.17, 15) is 14.0 Å². The molecule has 0 atom stereocenters. The number of hydrogen-bond acceptors (Lipinski definition) is 5. The Labute approximate surface area is 198 Å². The molecule has 4 rings (SSSR count). The van der Waals surface area contributed by atoms with Gasteiger partial charge in [-0.1, -0.05) is 12.1 Å². The molecule has 8 heteroatoms. The van der Waals surface area contributed by atoms with Crippen LogP contribution in [0.2, 0.25) is 0 Å². The van der Waals surface area contributed by atoms with Gasteiger partial charge in [-0.05, 0) is 61.7 Å². The molecule has 176 valence electrons. The first-order chi connectivity index (χ1) is 16.4. The molecule has 1 fully saturated rings. The minimum absolute atomic E-state index is 0.109. The zero-order valence-corrected chi connectivity index (χ0v) is 19.2. The number of nitrogens with one attached hydrogen (secondary N) is 2. The van der Waals surface area contributed by atoms with Crippen molar-refractivity contribution in [1.29, 1.82) is 0 Å². The van der Waals surface area contributed by atoms with Crippen molar-refractivity contribution in [2.45, 2.75) is 19.8 Å². The van der Waals surface area contributed by atoms with Crippen molar-refractivity contribution >= 4 is 29.0 Å².